The molecular formula is C47H39N5. The van der Waals surface area contributed by atoms with Gasteiger partial charge in [-0.05, 0) is 50.2 Å². The minimum absolute atomic E-state index is 0.0162. The lowest BCUT2D eigenvalue weighted by Crippen LogP contribution is -2.45. The normalized spacial score (nSPS) is 19.9. The summed E-state index contributed by atoms with van der Waals surface area (Å²) in [6.07, 6.45) is 1.85. The summed E-state index contributed by atoms with van der Waals surface area (Å²) < 4.78 is 0. The van der Waals surface area contributed by atoms with Crippen LogP contribution in [0.1, 0.15) is 57.9 Å². The van der Waals surface area contributed by atoms with Gasteiger partial charge in [0.1, 0.15) is 24.3 Å². The van der Waals surface area contributed by atoms with Crippen LogP contribution in [0.3, 0.4) is 0 Å². The Hall–Kier alpha value is -6.27. The number of aliphatic imine (C=N–C) groups is 1. The number of hydrogen-bond acceptors (Lipinski definition) is 5. The summed E-state index contributed by atoms with van der Waals surface area (Å²) >= 11 is 0. The lowest BCUT2D eigenvalue weighted by molar-refractivity contribution is 0.411. The van der Waals surface area contributed by atoms with Crippen molar-refractivity contribution in [2.24, 2.45) is 4.99 Å². The zero-order valence-electron chi connectivity index (χ0n) is 28.7. The molecule has 4 atom stereocenters. The Balaban J connectivity index is 1.12. The van der Waals surface area contributed by atoms with E-state index < -0.39 is 0 Å². The van der Waals surface area contributed by atoms with Gasteiger partial charge in [0, 0.05) is 16.8 Å². The Kier molecular flexibility index (Phi) is 8.63. The number of nitrogens with one attached hydrogen (secondary N) is 4. The van der Waals surface area contributed by atoms with Crippen molar-refractivity contribution in [3.8, 4) is 11.1 Å². The van der Waals surface area contributed by atoms with Crippen LogP contribution in [0.5, 0.6) is 0 Å². The van der Waals surface area contributed by atoms with Crippen molar-refractivity contribution >= 4 is 22.3 Å². The summed E-state index contributed by atoms with van der Waals surface area (Å²) in [5, 5.41) is 17.5. The van der Waals surface area contributed by atoms with Crippen LogP contribution in [-0.4, -0.2) is 5.84 Å². The van der Waals surface area contributed by atoms with Gasteiger partial charge in [-0.15, -0.1) is 0 Å². The number of fused-ring (bicyclic) bond motifs is 1. The second-order valence-corrected chi connectivity index (χ2v) is 13.3. The molecule has 5 nitrogen and oxygen atoms in total. The third-order valence-electron chi connectivity index (χ3n) is 10.1. The highest BCUT2D eigenvalue weighted by atomic mass is 15.3. The van der Waals surface area contributed by atoms with Gasteiger partial charge in [0.2, 0.25) is 0 Å². The molecule has 0 aromatic heterocycles. The van der Waals surface area contributed by atoms with Gasteiger partial charge in [-0.3, -0.25) is 10.6 Å². The molecule has 4 N–H and O–H groups in total. The summed E-state index contributed by atoms with van der Waals surface area (Å²) in [6, 6.07) is 64.3. The van der Waals surface area contributed by atoms with E-state index in [1.807, 2.05) is 6.07 Å². The van der Waals surface area contributed by atoms with E-state index in [-0.39, 0.29) is 24.5 Å². The van der Waals surface area contributed by atoms with Crippen molar-refractivity contribution in [2.75, 3.05) is 0 Å². The molecule has 0 bridgehead atoms. The average molecular weight is 674 g/mol. The molecule has 0 saturated carbocycles. The number of nitrogens with zero attached hydrogens (tertiary/aromatic N) is 1. The lowest BCUT2D eigenvalue weighted by atomic mass is 9.90. The molecule has 0 amide bonds. The zero-order chi connectivity index (χ0) is 34.7. The van der Waals surface area contributed by atoms with Crippen LogP contribution in [0.2, 0.25) is 0 Å². The molecule has 2 aliphatic heterocycles. The maximum Gasteiger partial charge on any atom is 0.131 e. The summed E-state index contributed by atoms with van der Waals surface area (Å²) in [6.45, 7) is 0. The predicted octanol–water partition coefficient (Wildman–Crippen LogP) is 9.82. The maximum atomic E-state index is 5.37. The largest absolute Gasteiger partial charge is 0.366 e. The van der Waals surface area contributed by atoms with Gasteiger partial charge in [0.15, 0.2) is 0 Å². The van der Waals surface area contributed by atoms with Gasteiger partial charge in [0.05, 0.1) is 6.04 Å². The van der Waals surface area contributed by atoms with E-state index in [0.29, 0.717) is 0 Å². The van der Waals surface area contributed by atoms with Gasteiger partial charge in [0.25, 0.3) is 0 Å². The topological polar surface area (TPSA) is 60.5 Å². The molecule has 2 heterocycles. The van der Waals surface area contributed by atoms with Crippen LogP contribution in [0.25, 0.3) is 27.6 Å². The number of rotatable bonds is 7. The molecule has 0 spiro atoms. The Labute approximate surface area is 304 Å². The van der Waals surface area contributed by atoms with Crippen molar-refractivity contribution in [3.05, 3.63) is 221 Å². The zero-order valence-corrected chi connectivity index (χ0v) is 28.7. The highest BCUT2D eigenvalue weighted by molar-refractivity contribution is 6.00. The van der Waals surface area contributed by atoms with Crippen LogP contribution in [0.15, 0.2) is 193 Å². The molecule has 4 unspecified atom stereocenters. The molecule has 52 heavy (non-hydrogen) atoms. The first-order chi connectivity index (χ1) is 25.8. The Bertz CT molecular complexity index is 2360. The fraction of sp³-hybridized carbons (Fsp3) is 0.0851. The van der Waals surface area contributed by atoms with Crippen LogP contribution in [0, 0.1) is 0 Å². The van der Waals surface area contributed by atoms with Gasteiger partial charge in [-0.25, -0.2) is 4.99 Å². The van der Waals surface area contributed by atoms with Gasteiger partial charge in [-0.1, -0.05) is 182 Å². The van der Waals surface area contributed by atoms with E-state index in [2.05, 4.69) is 203 Å². The molecule has 0 saturated heterocycles. The van der Waals surface area contributed by atoms with Crippen molar-refractivity contribution in [1.82, 2.24) is 21.3 Å². The predicted molar refractivity (Wildman–Crippen MR) is 213 cm³/mol. The fourth-order valence-corrected chi connectivity index (χ4v) is 7.43. The summed E-state index contributed by atoms with van der Waals surface area (Å²) in [4.78, 5) is 5.37. The Morgan fingerprint density at radius 3 is 1.67 bits per heavy atom. The van der Waals surface area contributed by atoms with E-state index >= 15 is 0 Å². The molecule has 9 rings (SSSR count). The second-order valence-electron chi connectivity index (χ2n) is 13.3. The monoisotopic (exact) mass is 673 g/mol. The first-order valence-corrected chi connectivity index (χ1v) is 17.9. The molecule has 0 radical (unpaired) electrons. The van der Waals surface area contributed by atoms with Crippen LogP contribution in [-0.2, 0) is 0 Å². The van der Waals surface area contributed by atoms with Gasteiger partial charge >= 0.3 is 0 Å². The van der Waals surface area contributed by atoms with Gasteiger partial charge < -0.3 is 10.6 Å². The fourth-order valence-electron chi connectivity index (χ4n) is 7.43. The van der Waals surface area contributed by atoms with E-state index in [4.69, 9.17) is 4.99 Å². The smallest absolute Gasteiger partial charge is 0.131 e. The van der Waals surface area contributed by atoms with E-state index in [0.717, 1.165) is 39.3 Å². The third-order valence-corrected chi connectivity index (χ3v) is 10.1. The molecular weight excluding hydrogens is 635 g/mol. The van der Waals surface area contributed by atoms with Crippen molar-refractivity contribution in [1.29, 1.82) is 0 Å². The second kappa shape index (κ2) is 14.2. The lowest BCUT2D eigenvalue weighted by Gasteiger charge is -2.34. The third kappa shape index (κ3) is 6.40. The highest BCUT2D eigenvalue weighted by Gasteiger charge is 2.29. The maximum absolute atomic E-state index is 5.37. The summed E-state index contributed by atoms with van der Waals surface area (Å²) in [5.74, 6) is 0.874. The van der Waals surface area contributed by atoms with Crippen LogP contribution >= 0.6 is 0 Å². The van der Waals surface area contributed by atoms with Crippen LogP contribution < -0.4 is 21.3 Å². The molecule has 0 aliphatic carbocycles. The van der Waals surface area contributed by atoms with Crippen molar-refractivity contribution in [3.63, 3.8) is 0 Å². The molecule has 7 aromatic carbocycles. The quantitative estimate of drug-likeness (QED) is 0.136. The Morgan fingerprint density at radius 2 is 1.00 bits per heavy atom. The average Bonchev–Trinajstić information content (AvgIpc) is 3.24. The van der Waals surface area contributed by atoms with E-state index in [1.165, 1.54) is 27.5 Å². The van der Waals surface area contributed by atoms with Crippen molar-refractivity contribution < 1.29 is 0 Å². The number of hydrogen-bond donors (Lipinski definition) is 4. The number of benzene rings is 7. The highest BCUT2D eigenvalue weighted by Crippen LogP contribution is 2.39. The minimum Gasteiger partial charge on any atom is -0.366 e. The van der Waals surface area contributed by atoms with E-state index in [1.54, 1.807) is 0 Å². The molecule has 7 aromatic rings. The van der Waals surface area contributed by atoms with Crippen LogP contribution in [0.4, 0.5) is 0 Å². The summed E-state index contributed by atoms with van der Waals surface area (Å²) in [5.41, 5.74) is 10.4. The van der Waals surface area contributed by atoms with Gasteiger partial charge in [-0.2, -0.15) is 0 Å². The minimum atomic E-state index is -0.295. The first-order valence-electron chi connectivity index (χ1n) is 17.9. The molecule has 252 valence electrons. The molecule has 5 heteroatoms. The molecule has 0 fully saturated rings. The molecule has 2 aliphatic rings. The summed E-state index contributed by atoms with van der Waals surface area (Å²) in [7, 11) is 0. The standard InChI is InChI=1S/C47H39N5/c1-5-16-34(17-6-1)41-31-42(49-44(48-41)36-18-7-2-8-19-36)35-27-25-33(26-28-35)40-30-29-32-15-13-14-24-39(32)43(40)47-51-45(37-20-9-3-10-21-37)50-46(52-47)38-22-11-4-12-23-38/h1-31,42,44-45,47-49,51H,(H,50,52). The van der Waals surface area contributed by atoms with Crippen molar-refractivity contribution in [2.45, 2.75) is 24.5 Å². The van der Waals surface area contributed by atoms with E-state index in [9.17, 15) is 0 Å². The Morgan fingerprint density at radius 1 is 0.423 bits per heavy atom. The number of amidine groups is 1. The first kappa shape index (κ1) is 31.7. The SMILES string of the molecule is C1=C(c2ccccc2)NC(c2ccccc2)NC1c1ccc(-c2ccc3ccccc3c2C2N=C(c3ccccc3)NC(c3ccccc3)N2)cc1.